The minimum absolute atomic E-state index is 0.610. The molecule has 3 heteroatoms. The van der Waals surface area contributed by atoms with Crippen molar-refractivity contribution in [3.8, 4) is 5.75 Å². The van der Waals surface area contributed by atoms with E-state index < -0.39 is 5.60 Å². The molecule has 18 heavy (non-hydrogen) atoms. The highest BCUT2D eigenvalue weighted by atomic mass is 16.5. The summed E-state index contributed by atoms with van der Waals surface area (Å²) in [5, 5.41) is 10.7. The minimum atomic E-state index is -0.813. The molecule has 0 bridgehead atoms. The van der Waals surface area contributed by atoms with Crippen molar-refractivity contribution in [2.24, 2.45) is 0 Å². The van der Waals surface area contributed by atoms with E-state index >= 15 is 0 Å². The third kappa shape index (κ3) is 1.81. The fourth-order valence-corrected chi connectivity index (χ4v) is 2.66. The van der Waals surface area contributed by atoms with Gasteiger partial charge in [0.1, 0.15) is 5.75 Å². The maximum absolute atomic E-state index is 10.7. The monoisotopic (exact) mass is 244 g/mol. The van der Waals surface area contributed by atoms with Crippen LogP contribution in [0.25, 0.3) is 0 Å². The molecule has 0 saturated heterocycles. The zero-order valence-corrected chi connectivity index (χ0v) is 10.3. The van der Waals surface area contributed by atoms with E-state index in [1.807, 2.05) is 18.2 Å². The Balaban J connectivity index is 1.96. The number of aliphatic hydroxyl groups is 1. The van der Waals surface area contributed by atoms with Gasteiger partial charge in [-0.05, 0) is 42.2 Å². The first kappa shape index (κ1) is 11.4. The maximum atomic E-state index is 10.7. The van der Waals surface area contributed by atoms with Crippen molar-refractivity contribution in [2.45, 2.75) is 24.9 Å². The predicted octanol–water partition coefficient (Wildman–Crippen LogP) is 2.66. The van der Waals surface area contributed by atoms with Gasteiger partial charge in [-0.1, -0.05) is 6.07 Å². The summed E-state index contributed by atoms with van der Waals surface area (Å²) in [6.45, 7) is 0. The number of rotatable bonds is 2. The first-order valence-corrected chi connectivity index (χ1v) is 6.12. The van der Waals surface area contributed by atoms with Gasteiger partial charge in [0.15, 0.2) is 0 Å². The largest absolute Gasteiger partial charge is 0.497 e. The SMILES string of the molecule is COc1ccc2c(c1)CC(O)(c1ccoc1)CC2. The normalized spacial score (nSPS) is 22.6. The molecule has 0 amide bonds. The Labute approximate surface area is 106 Å². The van der Waals surface area contributed by atoms with E-state index in [2.05, 4.69) is 6.07 Å². The molecule has 1 aromatic heterocycles. The molecule has 0 saturated carbocycles. The second kappa shape index (κ2) is 4.18. The molecule has 0 fully saturated rings. The van der Waals surface area contributed by atoms with Crippen molar-refractivity contribution in [3.05, 3.63) is 53.5 Å². The average Bonchev–Trinajstić information content (AvgIpc) is 2.92. The second-order valence-electron chi connectivity index (χ2n) is 4.86. The maximum Gasteiger partial charge on any atom is 0.119 e. The number of methoxy groups -OCH3 is 1. The lowest BCUT2D eigenvalue weighted by molar-refractivity contribution is 0.0216. The van der Waals surface area contributed by atoms with Gasteiger partial charge < -0.3 is 14.3 Å². The van der Waals surface area contributed by atoms with Gasteiger partial charge in [-0.15, -0.1) is 0 Å². The van der Waals surface area contributed by atoms with Crippen LogP contribution < -0.4 is 4.74 Å². The van der Waals surface area contributed by atoms with Gasteiger partial charge in [-0.25, -0.2) is 0 Å². The van der Waals surface area contributed by atoms with Crippen LogP contribution in [0.5, 0.6) is 5.75 Å². The lowest BCUT2D eigenvalue weighted by Gasteiger charge is -2.33. The summed E-state index contributed by atoms with van der Waals surface area (Å²) in [5.74, 6) is 0.838. The summed E-state index contributed by atoms with van der Waals surface area (Å²) in [7, 11) is 1.66. The van der Waals surface area contributed by atoms with E-state index in [-0.39, 0.29) is 0 Å². The Hall–Kier alpha value is -1.74. The molecule has 3 rings (SSSR count). The van der Waals surface area contributed by atoms with Crippen molar-refractivity contribution < 1.29 is 14.3 Å². The highest BCUT2D eigenvalue weighted by Crippen LogP contribution is 2.37. The fourth-order valence-electron chi connectivity index (χ4n) is 2.66. The Bertz CT molecular complexity index is 545. The second-order valence-corrected chi connectivity index (χ2v) is 4.86. The molecule has 1 unspecified atom stereocenters. The van der Waals surface area contributed by atoms with Gasteiger partial charge in [0.05, 0.1) is 25.2 Å². The summed E-state index contributed by atoms with van der Waals surface area (Å²) < 4.78 is 10.3. The topological polar surface area (TPSA) is 42.6 Å². The quantitative estimate of drug-likeness (QED) is 0.883. The Morgan fingerprint density at radius 2 is 2.17 bits per heavy atom. The van der Waals surface area contributed by atoms with Crippen molar-refractivity contribution >= 4 is 0 Å². The number of furan rings is 1. The highest BCUT2D eigenvalue weighted by molar-refractivity contribution is 5.40. The first-order valence-electron chi connectivity index (χ1n) is 6.12. The Kier molecular flexibility index (Phi) is 2.63. The van der Waals surface area contributed by atoms with Gasteiger partial charge in [0, 0.05) is 12.0 Å². The Morgan fingerprint density at radius 1 is 1.28 bits per heavy atom. The standard InChI is InChI=1S/C15H16O3/c1-17-14-3-2-11-4-6-15(16,9-12(11)8-14)13-5-7-18-10-13/h2-3,5,7-8,10,16H,4,6,9H2,1H3. The number of benzene rings is 1. The molecular formula is C15H16O3. The molecule has 2 aromatic rings. The van der Waals surface area contributed by atoms with Crippen LogP contribution in [0.1, 0.15) is 23.1 Å². The van der Waals surface area contributed by atoms with Gasteiger partial charge in [0.25, 0.3) is 0 Å². The van der Waals surface area contributed by atoms with Gasteiger partial charge >= 0.3 is 0 Å². The van der Waals surface area contributed by atoms with Crippen LogP contribution in [0.2, 0.25) is 0 Å². The van der Waals surface area contributed by atoms with Crippen LogP contribution >= 0.6 is 0 Å². The lowest BCUT2D eigenvalue weighted by Crippen LogP contribution is -2.32. The molecule has 1 aromatic carbocycles. The smallest absolute Gasteiger partial charge is 0.119 e. The van der Waals surface area contributed by atoms with Gasteiger partial charge in [-0.3, -0.25) is 0 Å². The van der Waals surface area contributed by atoms with E-state index in [4.69, 9.17) is 9.15 Å². The van der Waals surface area contributed by atoms with Crippen LogP contribution in [0.4, 0.5) is 0 Å². The molecule has 1 aliphatic rings. The zero-order chi connectivity index (χ0) is 12.6. The van der Waals surface area contributed by atoms with E-state index in [9.17, 15) is 5.11 Å². The Morgan fingerprint density at radius 3 is 2.89 bits per heavy atom. The van der Waals surface area contributed by atoms with Crippen molar-refractivity contribution in [3.63, 3.8) is 0 Å². The van der Waals surface area contributed by atoms with E-state index in [1.165, 1.54) is 5.56 Å². The molecule has 1 N–H and O–H groups in total. The van der Waals surface area contributed by atoms with Crippen LogP contribution in [-0.4, -0.2) is 12.2 Å². The van der Waals surface area contributed by atoms with Crippen LogP contribution in [0, 0.1) is 0 Å². The number of hydrogen-bond acceptors (Lipinski definition) is 3. The third-order valence-electron chi connectivity index (χ3n) is 3.76. The molecule has 0 aliphatic heterocycles. The molecule has 94 valence electrons. The fraction of sp³-hybridized carbons (Fsp3) is 0.333. The van der Waals surface area contributed by atoms with Crippen LogP contribution in [0.15, 0.2) is 41.2 Å². The summed E-state index contributed by atoms with van der Waals surface area (Å²) in [4.78, 5) is 0. The van der Waals surface area contributed by atoms with Crippen LogP contribution in [0.3, 0.4) is 0 Å². The predicted molar refractivity (Wildman–Crippen MR) is 67.6 cm³/mol. The molecule has 0 spiro atoms. The van der Waals surface area contributed by atoms with Gasteiger partial charge in [0.2, 0.25) is 0 Å². The van der Waals surface area contributed by atoms with E-state index in [1.54, 1.807) is 19.6 Å². The molecule has 0 radical (unpaired) electrons. The number of aryl methyl sites for hydroxylation is 1. The van der Waals surface area contributed by atoms with Crippen LogP contribution in [-0.2, 0) is 18.4 Å². The highest BCUT2D eigenvalue weighted by Gasteiger charge is 2.34. The van der Waals surface area contributed by atoms with E-state index in [0.717, 1.165) is 29.7 Å². The number of ether oxygens (including phenoxy) is 1. The van der Waals surface area contributed by atoms with Crippen molar-refractivity contribution in [1.82, 2.24) is 0 Å². The summed E-state index contributed by atoms with van der Waals surface area (Å²) in [5.41, 5.74) is 2.50. The summed E-state index contributed by atoms with van der Waals surface area (Å²) >= 11 is 0. The third-order valence-corrected chi connectivity index (χ3v) is 3.76. The van der Waals surface area contributed by atoms with Crippen molar-refractivity contribution in [1.29, 1.82) is 0 Å². The first-order chi connectivity index (χ1) is 8.71. The summed E-state index contributed by atoms with van der Waals surface area (Å²) in [6, 6.07) is 7.91. The molecule has 1 atom stereocenters. The summed E-state index contributed by atoms with van der Waals surface area (Å²) in [6.07, 6.45) is 5.45. The number of fused-ring (bicyclic) bond motifs is 1. The molecular weight excluding hydrogens is 228 g/mol. The lowest BCUT2D eigenvalue weighted by atomic mass is 9.77. The van der Waals surface area contributed by atoms with Gasteiger partial charge in [-0.2, -0.15) is 0 Å². The average molecular weight is 244 g/mol. The molecule has 3 nitrogen and oxygen atoms in total. The van der Waals surface area contributed by atoms with E-state index in [0.29, 0.717) is 6.42 Å². The zero-order valence-electron chi connectivity index (χ0n) is 10.3. The molecule has 1 aliphatic carbocycles. The molecule has 1 heterocycles. The van der Waals surface area contributed by atoms with Crippen molar-refractivity contribution in [2.75, 3.05) is 7.11 Å². The minimum Gasteiger partial charge on any atom is -0.497 e. The number of hydrogen-bond donors (Lipinski definition) is 1.